The van der Waals surface area contributed by atoms with E-state index in [9.17, 15) is 14.7 Å². The predicted molar refractivity (Wildman–Crippen MR) is 75.5 cm³/mol. The first kappa shape index (κ1) is 13.4. The van der Waals surface area contributed by atoms with Crippen LogP contribution in [0.2, 0.25) is 0 Å². The Morgan fingerprint density at radius 1 is 1.38 bits per heavy atom. The van der Waals surface area contributed by atoms with Crippen molar-refractivity contribution in [3.8, 4) is 0 Å². The first-order valence-electron chi connectivity index (χ1n) is 6.22. The molecular formula is C12H11N5O3S. The number of aliphatic carboxylic acids is 1. The lowest BCUT2D eigenvalue weighted by Gasteiger charge is -2.32. The van der Waals surface area contributed by atoms with Crippen molar-refractivity contribution in [1.29, 1.82) is 0 Å². The fourth-order valence-corrected chi connectivity index (χ4v) is 2.73. The number of carboxylic acid groups (broad SMARTS) is 1. The average molecular weight is 305 g/mol. The van der Waals surface area contributed by atoms with Crippen LogP contribution >= 0.6 is 11.5 Å². The number of amides is 2. The zero-order chi connectivity index (χ0) is 14.8. The second kappa shape index (κ2) is 5.44. The van der Waals surface area contributed by atoms with Crippen LogP contribution in [0.1, 0.15) is 17.9 Å². The topological polar surface area (TPSA) is 108 Å². The van der Waals surface area contributed by atoms with E-state index in [-0.39, 0.29) is 6.03 Å². The van der Waals surface area contributed by atoms with Crippen molar-refractivity contribution in [3.63, 3.8) is 0 Å². The van der Waals surface area contributed by atoms with Crippen LogP contribution in [0, 0.1) is 0 Å². The molecule has 21 heavy (non-hydrogen) atoms. The Labute approximate surface area is 123 Å². The SMILES string of the molecule is O=C(O)C1CCN(C(=O)Nc2nnns2)c2ccccc21. The highest BCUT2D eigenvalue weighted by Gasteiger charge is 2.32. The van der Waals surface area contributed by atoms with Crippen molar-refractivity contribution >= 4 is 34.4 Å². The first-order valence-corrected chi connectivity index (χ1v) is 6.99. The van der Waals surface area contributed by atoms with E-state index in [1.807, 2.05) is 0 Å². The Morgan fingerprint density at radius 2 is 2.19 bits per heavy atom. The van der Waals surface area contributed by atoms with Gasteiger partial charge in [0, 0.05) is 23.8 Å². The molecule has 2 amide bonds. The number of benzene rings is 1. The summed E-state index contributed by atoms with van der Waals surface area (Å²) >= 11 is 0.977. The van der Waals surface area contributed by atoms with Crippen molar-refractivity contribution in [1.82, 2.24) is 14.8 Å². The number of para-hydroxylation sites is 1. The third-order valence-electron chi connectivity index (χ3n) is 3.30. The molecule has 0 spiro atoms. The third kappa shape index (κ3) is 2.55. The number of nitrogens with zero attached hydrogens (tertiary/aromatic N) is 4. The first-order chi connectivity index (χ1) is 10.2. The summed E-state index contributed by atoms with van der Waals surface area (Å²) in [6, 6.07) is 6.65. The van der Waals surface area contributed by atoms with Gasteiger partial charge in [-0.2, -0.15) is 0 Å². The summed E-state index contributed by atoms with van der Waals surface area (Å²) < 4.78 is 3.57. The van der Waals surface area contributed by atoms with Crippen LogP contribution in [0.4, 0.5) is 15.6 Å². The molecule has 1 aromatic heterocycles. The summed E-state index contributed by atoms with van der Waals surface area (Å²) in [5.74, 6) is -1.47. The van der Waals surface area contributed by atoms with Gasteiger partial charge in [-0.15, -0.1) is 0 Å². The number of fused-ring (bicyclic) bond motifs is 1. The minimum atomic E-state index is -0.879. The number of carbonyl (C=O) groups is 2. The van der Waals surface area contributed by atoms with Gasteiger partial charge in [0.05, 0.1) is 5.92 Å². The minimum absolute atomic E-state index is 0.304. The molecule has 1 aromatic carbocycles. The van der Waals surface area contributed by atoms with E-state index in [2.05, 4.69) is 20.1 Å². The van der Waals surface area contributed by atoms with Crippen molar-refractivity contribution in [3.05, 3.63) is 29.8 Å². The highest BCUT2D eigenvalue weighted by molar-refractivity contribution is 7.09. The second-order valence-electron chi connectivity index (χ2n) is 4.49. The molecular weight excluding hydrogens is 294 g/mol. The fourth-order valence-electron chi connectivity index (χ4n) is 2.37. The van der Waals surface area contributed by atoms with E-state index < -0.39 is 11.9 Å². The molecule has 0 fully saturated rings. The van der Waals surface area contributed by atoms with E-state index >= 15 is 0 Å². The molecule has 0 bridgehead atoms. The normalized spacial score (nSPS) is 17.1. The van der Waals surface area contributed by atoms with Crippen LogP contribution in [0.3, 0.4) is 0 Å². The number of carbonyl (C=O) groups excluding carboxylic acids is 1. The molecule has 1 aliphatic heterocycles. The number of carboxylic acids is 1. The molecule has 0 aliphatic carbocycles. The molecule has 2 N–H and O–H groups in total. The maximum Gasteiger partial charge on any atom is 0.328 e. The summed E-state index contributed by atoms with van der Waals surface area (Å²) in [4.78, 5) is 25.1. The molecule has 3 rings (SSSR count). The maximum atomic E-state index is 12.3. The Morgan fingerprint density at radius 3 is 2.90 bits per heavy atom. The van der Waals surface area contributed by atoms with E-state index in [1.54, 1.807) is 24.3 Å². The highest BCUT2D eigenvalue weighted by Crippen LogP contribution is 2.35. The van der Waals surface area contributed by atoms with Crippen LogP contribution < -0.4 is 10.2 Å². The minimum Gasteiger partial charge on any atom is -0.481 e. The lowest BCUT2D eigenvalue weighted by Crippen LogP contribution is -2.40. The number of hydrogen-bond donors (Lipinski definition) is 2. The smallest absolute Gasteiger partial charge is 0.328 e. The number of nitrogens with one attached hydrogen (secondary N) is 1. The largest absolute Gasteiger partial charge is 0.481 e. The van der Waals surface area contributed by atoms with Crippen molar-refractivity contribution < 1.29 is 14.7 Å². The molecule has 9 heteroatoms. The van der Waals surface area contributed by atoms with Crippen LogP contribution in [-0.2, 0) is 4.79 Å². The van der Waals surface area contributed by atoms with Crippen LogP contribution in [-0.4, -0.2) is 38.5 Å². The lowest BCUT2D eigenvalue weighted by molar-refractivity contribution is -0.139. The zero-order valence-electron chi connectivity index (χ0n) is 10.8. The molecule has 1 aliphatic rings. The number of rotatable bonds is 2. The lowest BCUT2D eigenvalue weighted by atomic mass is 9.90. The van der Waals surface area contributed by atoms with Gasteiger partial charge in [-0.05, 0) is 23.3 Å². The summed E-state index contributed by atoms with van der Waals surface area (Å²) in [6.07, 6.45) is 0.369. The second-order valence-corrected chi connectivity index (χ2v) is 5.22. The van der Waals surface area contributed by atoms with Gasteiger partial charge < -0.3 is 5.11 Å². The predicted octanol–water partition coefficient (Wildman–Crippen LogP) is 1.54. The summed E-state index contributed by atoms with van der Waals surface area (Å²) in [7, 11) is 0. The number of hydrogen-bond acceptors (Lipinski definition) is 6. The van der Waals surface area contributed by atoms with Crippen LogP contribution in [0.5, 0.6) is 0 Å². The number of anilines is 2. The summed E-state index contributed by atoms with van der Waals surface area (Å²) in [5, 5.41) is 19.2. The third-order valence-corrected chi connectivity index (χ3v) is 3.81. The maximum absolute atomic E-state index is 12.3. The molecule has 0 radical (unpaired) electrons. The van der Waals surface area contributed by atoms with Crippen LogP contribution in [0.25, 0.3) is 0 Å². The van der Waals surface area contributed by atoms with Crippen molar-refractivity contribution in [2.45, 2.75) is 12.3 Å². The quantitative estimate of drug-likeness (QED) is 0.871. The fraction of sp³-hybridized carbons (Fsp3) is 0.250. The molecule has 1 unspecified atom stereocenters. The Bertz CT molecular complexity index is 675. The van der Waals surface area contributed by atoms with Gasteiger partial charge in [0.2, 0.25) is 5.13 Å². The van der Waals surface area contributed by atoms with Crippen LogP contribution in [0.15, 0.2) is 24.3 Å². The van der Waals surface area contributed by atoms with E-state index in [1.165, 1.54) is 4.90 Å². The van der Waals surface area contributed by atoms with Crippen molar-refractivity contribution in [2.24, 2.45) is 0 Å². The van der Waals surface area contributed by atoms with Gasteiger partial charge in [-0.25, -0.2) is 4.79 Å². The Balaban J connectivity index is 1.89. The van der Waals surface area contributed by atoms with Gasteiger partial charge in [-0.3, -0.25) is 15.0 Å². The molecule has 0 saturated heterocycles. The van der Waals surface area contributed by atoms with Gasteiger partial charge in [0.1, 0.15) is 0 Å². The average Bonchev–Trinajstić information content (AvgIpc) is 2.98. The number of urea groups is 1. The Kier molecular flexibility index (Phi) is 3.48. The molecule has 108 valence electrons. The van der Waals surface area contributed by atoms with Gasteiger partial charge in [-0.1, -0.05) is 27.8 Å². The standard InChI is InChI=1S/C12H11N5O3S/c18-10(19)8-5-6-17(9-4-2-1-3-7(8)9)12(20)13-11-14-15-16-21-11/h1-4,8H,5-6H2,(H,18,19)(H,13,14,16,20). The monoisotopic (exact) mass is 305 g/mol. The van der Waals surface area contributed by atoms with Gasteiger partial charge in [0.25, 0.3) is 0 Å². The van der Waals surface area contributed by atoms with Gasteiger partial charge in [0.15, 0.2) is 0 Å². The van der Waals surface area contributed by atoms with E-state index in [0.717, 1.165) is 11.5 Å². The molecule has 2 aromatic rings. The summed E-state index contributed by atoms with van der Waals surface area (Å²) in [5.41, 5.74) is 1.24. The molecule has 0 saturated carbocycles. The molecule has 8 nitrogen and oxygen atoms in total. The van der Waals surface area contributed by atoms with E-state index in [4.69, 9.17) is 0 Å². The summed E-state index contributed by atoms with van der Waals surface area (Å²) in [6.45, 7) is 0.325. The van der Waals surface area contributed by atoms with Gasteiger partial charge >= 0.3 is 12.0 Å². The Hall–Kier alpha value is -2.55. The molecule has 2 heterocycles. The number of aromatic nitrogens is 3. The molecule has 1 atom stereocenters. The highest BCUT2D eigenvalue weighted by atomic mass is 32.1. The van der Waals surface area contributed by atoms with E-state index in [0.29, 0.717) is 29.3 Å². The van der Waals surface area contributed by atoms with Crippen molar-refractivity contribution in [2.75, 3.05) is 16.8 Å². The zero-order valence-corrected chi connectivity index (χ0v) is 11.6.